The summed E-state index contributed by atoms with van der Waals surface area (Å²) in [6.07, 6.45) is 9.19. The van der Waals surface area contributed by atoms with Gasteiger partial charge < -0.3 is 4.90 Å². The second kappa shape index (κ2) is 7.53. The number of pyridine rings is 1. The summed E-state index contributed by atoms with van der Waals surface area (Å²) in [4.78, 5) is 18.5. The summed E-state index contributed by atoms with van der Waals surface area (Å²) < 4.78 is 0. The van der Waals surface area contributed by atoms with Crippen molar-refractivity contribution in [3.05, 3.63) is 30.1 Å². The van der Waals surface area contributed by atoms with E-state index in [1.165, 1.54) is 18.4 Å². The minimum absolute atomic E-state index is 0.238. The Morgan fingerprint density at radius 2 is 2.30 bits per heavy atom. The van der Waals surface area contributed by atoms with Crippen LogP contribution in [0.1, 0.15) is 44.6 Å². The van der Waals surface area contributed by atoms with Gasteiger partial charge >= 0.3 is 0 Å². The van der Waals surface area contributed by atoms with Gasteiger partial charge in [-0.15, -0.1) is 0 Å². The molecule has 0 N–H and O–H groups in total. The zero-order chi connectivity index (χ0) is 14.4. The van der Waals surface area contributed by atoms with Gasteiger partial charge in [0.15, 0.2) is 0 Å². The first-order valence-corrected chi connectivity index (χ1v) is 7.79. The van der Waals surface area contributed by atoms with Crippen molar-refractivity contribution < 1.29 is 4.79 Å². The third-order valence-corrected chi connectivity index (χ3v) is 4.28. The highest BCUT2D eigenvalue weighted by atomic mass is 16.1. The quantitative estimate of drug-likeness (QED) is 0.798. The monoisotopic (exact) mass is 274 g/mol. The van der Waals surface area contributed by atoms with E-state index in [1.807, 2.05) is 12.3 Å². The molecule has 0 amide bonds. The van der Waals surface area contributed by atoms with Gasteiger partial charge in [0, 0.05) is 37.8 Å². The first kappa shape index (κ1) is 15.2. The van der Waals surface area contributed by atoms with Crippen LogP contribution >= 0.6 is 0 Å². The molecule has 3 heteroatoms. The van der Waals surface area contributed by atoms with Crippen LogP contribution in [-0.4, -0.2) is 29.3 Å². The van der Waals surface area contributed by atoms with E-state index in [2.05, 4.69) is 29.9 Å². The van der Waals surface area contributed by atoms with Crippen LogP contribution in [0.2, 0.25) is 0 Å². The molecule has 2 atom stereocenters. The van der Waals surface area contributed by atoms with Crippen molar-refractivity contribution in [3.63, 3.8) is 0 Å². The van der Waals surface area contributed by atoms with Crippen molar-refractivity contribution in [2.24, 2.45) is 11.8 Å². The molecule has 110 valence electrons. The summed E-state index contributed by atoms with van der Waals surface area (Å²) in [5.74, 6) is 1.46. The Balaban J connectivity index is 1.85. The number of Topliss-reactive ketones (excluding diaryl/α,β-unsaturated/α-hetero) is 1. The van der Waals surface area contributed by atoms with Crippen molar-refractivity contribution in [1.29, 1.82) is 0 Å². The molecule has 3 nitrogen and oxygen atoms in total. The molecule has 1 fully saturated rings. The summed E-state index contributed by atoms with van der Waals surface area (Å²) in [7, 11) is 2.10. The number of carbonyl (C=O) groups excluding carboxylic acids is 1. The van der Waals surface area contributed by atoms with Gasteiger partial charge in [0.25, 0.3) is 0 Å². The minimum Gasteiger partial charge on any atom is -0.301 e. The van der Waals surface area contributed by atoms with Gasteiger partial charge in [-0.25, -0.2) is 0 Å². The van der Waals surface area contributed by atoms with E-state index in [4.69, 9.17) is 0 Å². The maximum atomic E-state index is 12.1. The number of hydrogen-bond acceptors (Lipinski definition) is 3. The SMILES string of the molecule is CCCC1CCC(=O)C(CN(C)Cc2cccnc2)C1. The van der Waals surface area contributed by atoms with Crippen molar-refractivity contribution in [2.75, 3.05) is 13.6 Å². The fourth-order valence-corrected chi connectivity index (χ4v) is 3.29. The van der Waals surface area contributed by atoms with Gasteiger partial charge in [0.05, 0.1) is 0 Å². The normalized spacial score (nSPS) is 23.2. The molecule has 1 aliphatic carbocycles. The van der Waals surface area contributed by atoms with Gasteiger partial charge in [-0.2, -0.15) is 0 Å². The largest absolute Gasteiger partial charge is 0.301 e. The molecule has 0 aromatic carbocycles. The van der Waals surface area contributed by atoms with E-state index < -0.39 is 0 Å². The maximum absolute atomic E-state index is 12.1. The lowest BCUT2D eigenvalue weighted by molar-refractivity contribution is -0.126. The molecule has 0 spiro atoms. The second-order valence-corrected chi connectivity index (χ2v) is 6.15. The van der Waals surface area contributed by atoms with Crippen molar-refractivity contribution in [3.8, 4) is 0 Å². The van der Waals surface area contributed by atoms with E-state index in [1.54, 1.807) is 6.20 Å². The smallest absolute Gasteiger partial charge is 0.137 e. The van der Waals surface area contributed by atoms with Gasteiger partial charge in [-0.1, -0.05) is 25.8 Å². The maximum Gasteiger partial charge on any atom is 0.137 e. The molecule has 0 radical (unpaired) electrons. The van der Waals surface area contributed by atoms with Crippen LogP contribution in [0.15, 0.2) is 24.5 Å². The Kier molecular flexibility index (Phi) is 5.72. The zero-order valence-corrected chi connectivity index (χ0v) is 12.7. The highest BCUT2D eigenvalue weighted by Gasteiger charge is 2.28. The van der Waals surface area contributed by atoms with Crippen LogP contribution in [0.3, 0.4) is 0 Å². The average Bonchev–Trinajstić information content (AvgIpc) is 2.44. The molecule has 0 bridgehead atoms. The van der Waals surface area contributed by atoms with Crippen molar-refractivity contribution in [1.82, 2.24) is 9.88 Å². The topological polar surface area (TPSA) is 33.2 Å². The van der Waals surface area contributed by atoms with Crippen LogP contribution in [-0.2, 0) is 11.3 Å². The molecule has 1 aromatic rings. The Morgan fingerprint density at radius 3 is 3.00 bits per heavy atom. The predicted molar refractivity (Wildman–Crippen MR) is 81.3 cm³/mol. The number of hydrogen-bond donors (Lipinski definition) is 0. The molecule has 1 saturated carbocycles. The number of nitrogens with zero attached hydrogens (tertiary/aromatic N) is 2. The van der Waals surface area contributed by atoms with Crippen molar-refractivity contribution >= 4 is 5.78 Å². The van der Waals surface area contributed by atoms with E-state index in [0.29, 0.717) is 5.78 Å². The lowest BCUT2D eigenvalue weighted by atomic mass is 9.78. The number of ketones is 1. The number of aromatic nitrogens is 1. The Morgan fingerprint density at radius 1 is 1.45 bits per heavy atom. The van der Waals surface area contributed by atoms with Gasteiger partial charge in [-0.3, -0.25) is 9.78 Å². The van der Waals surface area contributed by atoms with E-state index in [0.717, 1.165) is 38.3 Å². The van der Waals surface area contributed by atoms with E-state index in [9.17, 15) is 4.79 Å². The van der Waals surface area contributed by atoms with Crippen LogP contribution in [0.4, 0.5) is 0 Å². The summed E-state index contributed by atoms with van der Waals surface area (Å²) in [6.45, 7) is 3.99. The molecule has 0 aliphatic heterocycles. The average molecular weight is 274 g/mol. The molecule has 1 aromatic heterocycles. The third-order valence-electron chi connectivity index (χ3n) is 4.28. The summed E-state index contributed by atoms with van der Waals surface area (Å²) >= 11 is 0. The van der Waals surface area contributed by atoms with Crippen LogP contribution in [0.25, 0.3) is 0 Å². The van der Waals surface area contributed by atoms with Crippen LogP contribution in [0.5, 0.6) is 0 Å². The molecule has 0 saturated heterocycles. The highest BCUT2D eigenvalue weighted by molar-refractivity contribution is 5.81. The minimum atomic E-state index is 0.238. The molecule has 2 rings (SSSR count). The second-order valence-electron chi connectivity index (χ2n) is 6.15. The van der Waals surface area contributed by atoms with Crippen molar-refractivity contribution in [2.45, 2.75) is 45.6 Å². The van der Waals surface area contributed by atoms with E-state index >= 15 is 0 Å². The molecule has 1 aliphatic rings. The molecule has 1 heterocycles. The Hall–Kier alpha value is -1.22. The predicted octanol–water partition coefficient (Wildman–Crippen LogP) is 3.30. The fourth-order valence-electron chi connectivity index (χ4n) is 3.29. The molecule has 2 unspecified atom stereocenters. The Labute approximate surface area is 122 Å². The van der Waals surface area contributed by atoms with Gasteiger partial charge in [0.2, 0.25) is 0 Å². The Bertz CT molecular complexity index is 418. The first-order valence-electron chi connectivity index (χ1n) is 7.79. The summed E-state index contributed by atoms with van der Waals surface area (Å²) in [5.41, 5.74) is 1.21. The van der Waals surface area contributed by atoms with Gasteiger partial charge in [-0.05, 0) is 37.4 Å². The standard InChI is InChI=1S/C17H26N2O/c1-3-5-14-7-8-17(20)16(10-14)13-19(2)12-15-6-4-9-18-11-15/h4,6,9,11,14,16H,3,5,7-8,10,12-13H2,1-2H3. The number of carbonyl (C=O) groups is 1. The summed E-state index contributed by atoms with van der Waals surface area (Å²) in [6, 6.07) is 4.05. The lowest BCUT2D eigenvalue weighted by Gasteiger charge is -2.30. The third kappa shape index (κ3) is 4.41. The molecular formula is C17H26N2O. The fraction of sp³-hybridized carbons (Fsp3) is 0.647. The summed E-state index contributed by atoms with van der Waals surface area (Å²) in [5, 5.41) is 0. The van der Waals surface area contributed by atoms with Crippen LogP contribution < -0.4 is 0 Å². The van der Waals surface area contributed by atoms with Gasteiger partial charge in [0.1, 0.15) is 5.78 Å². The molecular weight excluding hydrogens is 248 g/mol. The number of rotatable bonds is 6. The molecule has 20 heavy (non-hydrogen) atoms. The first-order chi connectivity index (χ1) is 9.69. The van der Waals surface area contributed by atoms with Crippen LogP contribution in [0, 0.1) is 11.8 Å². The lowest BCUT2D eigenvalue weighted by Crippen LogP contribution is -2.34. The highest BCUT2D eigenvalue weighted by Crippen LogP contribution is 2.30. The van der Waals surface area contributed by atoms with E-state index in [-0.39, 0.29) is 5.92 Å². The zero-order valence-electron chi connectivity index (χ0n) is 12.7.